The number of halogens is 6. The molecular weight excluding hydrogens is 770 g/mol. The highest BCUT2D eigenvalue weighted by molar-refractivity contribution is 6.32. The van der Waals surface area contributed by atoms with Crippen molar-refractivity contribution in [2.45, 2.75) is 65.2 Å². The van der Waals surface area contributed by atoms with Crippen LogP contribution in [0.3, 0.4) is 0 Å². The van der Waals surface area contributed by atoms with E-state index in [9.17, 15) is 75.3 Å². The zero-order valence-corrected chi connectivity index (χ0v) is 29.7. The molecule has 0 aliphatic heterocycles. The maximum absolute atomic E-state index is 13.0. The van der Waals surface area contributed by atoms with E-state index in [1.165, 1.54) is 6.92 Å². The molecule has 0 unspecified atom stereocenters. The fourth-order valence-electron chi connectivity index (χ4n) is 5.24. The molecule has 0 N–H and O–H groups in total. The Balaban J connectivity index is 0.000000303. The molecule has 0 atom stereocenters. The summed E-state index contributed by atoms with van der Waals surface area (Å²) >= 11 is 0. The molecule has 21 heteroatoms. The first kappa shape index (κ1) is 44.4. The number of Topliss-reactive ketones (excluding diaryl/α,β-unsaturated/α-hetero) is 4. The molecule has 0 heterocycles. The maximum Gasteiger partial charge on any atom is 0.416 e. The Kier molecular flexibility index (Phi) is 13.6. The van der Waals surface area contributed by atoms with Gasteiger partial charge in [-0.05, 0) is 70.7 Å². The molecule has 2 aromatic rings. The van der Waals surface area contributed by atoms with E-state index >= 15 is 0 Å². The number of carbonyl (C=O) groups excluding carboxylic acids is 6. The average molecular weight is 803 g/mol. The van der Waals surface area contributed by atoms with Crippen molar-refractivity contribution in [3.63, 3.8) is 0 Å². The number of allylic oxidation sites excluding steroid dienone is 1. The van der Waals surface area contributed by atoms with Crippen molar-refractivity contribution >= 4 is 46.4 Å². The second kappa shape index (κ2) is 17.2. The zero-order chi connectivity index (χ0) is 42.4. The Bertz CT molecular complexity index is 1980. The van der Waals surface area contributed by atoms with Gasteiger partial charge >= 0.3 is 24.3 Å². The highest BCUT2D eigenvalue weighted by atomic mass is 19.4. The number of alkyl halides is 6. The monoisotopic (exact) mass is 802 g/mol. The van der Waals surface area contributed by atoms with Crippen molar-refractivity contribution in [2.24, 2.45) is 10.8 Å². The lowest BCUT2D eigenvalue weighted by atomic mass is 9.89. The first-order chi connectivity index (χ1) is 26.0. The van der Waals surface area contributed by atoms with Crippen LogP contribution < -0.4 is 0 Å². The van der Waals surface area contributed by atoms with E-state index in [1.54, 1.807) is 13.8 Å². The Labute approximate surface area is 312 Å². The Morgan fingerprint density at radius 3 is 1.52 bits per heavy atom. The van der Waals surface area contributed by atoms with Crippen LogP contribution in [-0.2, 0) is 45.7 Å². The lowest BCUT2D eigenvalue weighted by Gasteiger charge is -2.15. The lowest BCUT2D eigenvalue weighted by Crippen LogP contribution is -2.32. The minimum Gasteiger partial charge on any atom is -0.501 e. The number of nitro benzene ring substituents is 2. The van der Waals surface area contributed by atoms with Crippen molar-refractivity contribution in [2.75, 3.05) is 19.8 Å². The van der Waals surface area contributed by atoms with Gasteiger partial charge in [0.2, 0.25) is 5.78 Å². The van der Waals surface area contributed by atoms with Gasteiger partial charge in [0, 0.05) is 12.1 Å². The number of nitrogens with zero attached hydrogens (tertiary/aromatic N) is 2. The molecule has 4 rings (SSSR count). The lowest BCUT2D eigenvalue weighted by molar-refractivity contribution is -0.385. The topological polar surface area (TPSA) is 216 Å². The van der Waals surface area contributed by atoms with Crippen molar-refractivity contribution in [3.8, 4) is 0 Å². The summed E-state index contributed by atoms with van der Waals surface area (Å²) in [5.74, 6) is -5.55. The number of carbonyl (C=O) groups is 6. The van der Waals surface area contributed by atoms with Crippen molar-refractivity contribution in [1.82, 2.24) is 0 Å². The predicted octanol–water partition coefficient (Wildman–Crippen LogP) is 6.73. The third kappa shape index (κ3) is 9.79. The van der Waals surface area contributed by atoms with Gasteiger partial charge in [-0.3, -0.25) is 49.0 Å². The summed E-state index contributed by atoms with van der Waals surface area (Å²) < 4.78 is 91.4. The smallest absolute Gasteiger partial charge is 0.416 e. The summed E-state index contributed by atoms with van der Waals surface area (Å²) in [6, 6.07) is 2.79. The molecule has 0 bridgehead atoms. The molecule has 0 amide bonds. The fourth-order valence-corrected chi connectivity index (χ4v) is 5.24. The highest BCUT2D eigenvalue weighted by Crippen LogP contribution is 2.50. The first-order valence-electron chi connectivity index (χ1n) is 16.6. The Morgan fingerprint density at radius 2 is 1.12 bits per heavy atom. The first-order valence-corrected chi connectivity index (χ1v) is 16.6. The molecule has 2 saturated carbocycles. The van der Waals surface area contributed by atoms with Gasteiger partial charge in [0.05, 0.1) is 59.0 Å². The van der Waals surface area contributed by atoms with Gasteiger partial charge in [-0.1, -0.05) is 0 Å². The summed E-state index contributed by atoms with van der Waals surface area (Å²) in [6.45, 7) is 4.71. The SMILES string of the molecule is CCOC(=O)C1(C(=O)CC(=O)c2ccc(C(F)(F)F)cc2[N+](=O)[O-])CC1.CCOC=C(C(=O)c1ccc(C(F)(F)F)cc1[N+](=O)[O-])C(=O)C1(C(=O)OCC)CC1. The fraction of sp³-hybridized carbons (Fsp3) is 0.429. The third-order valence-corrected chi connectivity index (χ3v) is 8.57. The van der Waals surface area contributed by atoms with Crippen LogP contribution in [0.4, 0.5) is 37.7 Å². The third-order valence-electron chi connectivity index (χ3n) is 8.57. The van der Waals surface area contributed by atoms with E-state index < -0.39 is 114 Å². The van der Waals surface area contributed by atoms with E-state index in [4.69, 9.17) is 14.2 Å². The van der Waals surface area contributed by atoms with Crippen LogP contribution in [0.5, 0.6) is 0 Å². The number of ether oxygens (including phenoxy) is 3. The summed E-state index contributed by atoms with van der Waals surface area (Å²) in [5, 5.41) is 22.3. The molecular formula is C35H32F6N2O13. The molecule has 2 aliphatic rings. The van der Waals surface area contributed by atoms with E-state index in [2.05, 4.69) is 0 Å². The Morgan fingerprint density at radius 1 is 0.696 bits per heavy atom. The van der Waals surface area contributed by atoms with Crippen LogP contribution in [0.2, 0.25) is 0 Å². The molecule has 0 spiro atoms. The minimum absolute atomic E-state index is 0.00328. The van der Waals surface area contributed by atoms with Gasteiger partial charge < -0.3 is 14.2 Å². The van der Waals surface area contributed by atoms with E-state index in [0.717, 1.165) is 6.26 Å². The van der Waals surface area contributed by atoms with Gasteiger partial charge in [0.25, 0.3) is 11.4 Å². The molecule has 302 valence electrons. The molecule has 0 aromatic heterocycles. The zero-order valence-electron chi connectivity index (χ0n) is 29.7. The highest BCUT2D eigenvalue weighted by Gasteiger charge is 2.60. The molecule has 2 aliphatic carbocycles. The number of rotatable bonds is 16. The van der Waals surface area contributed by atoms with Gasteiger partial charge in [0.1, 0.15) is 22.0 Å². The summed E-state index contributed by atoms with van der Waals surface area (Å²) in [4.78, 5) is 94.4. The summed E-state index contributed by atoms with van der Waals surface area (Å²) in [6.07, 6.45) is -9.12. The van der Waals surface area contributed by atoms with Crippen molar-refractivity contribution in [3.05, 3.63) is 90.7 Å². The summed E-state index contributed by atoms with van der Waals surface area (Å²) in [7, 11) is 0. The van der Waals surface area contributed by atoms with Gasteiger partial charge in [0.15, 0.2) is 17.3 Å². The number of hydrogen-bond acceptors (Lipinski definition) is 13. The van der Waals surface area contributed by atoms with Gasteiger partial charge in [-0.25, -0.2) is 0 Å². The second-order valence-electron chi connectivity index (χ2n) is 12.2. The Hall–Kier alpha value is -6.02. The summed E-state index contributed by atoms with van der Waals surface area (Å²) in [5.41, 5.74) is -9.81. The van der Waals surface area contributed by atoms with Crippen LogP contribution in [-0.4, -0.2) is 64.7 Å². The standard InChI is InChI=1S/C19H18F3NO7.C16H14F3NO6/c1-3-29-10-13(16(25)18(7-8-18)17(26)30-4-2)15(24)12-6-5-11(19(20,21)22)9-14(12)23(27)28;1-2-26-14(23)15(5-6-15)13(22)8-12(21)10-4-3-9(16(17,18)19)7-11(10)20(24)25/h5-6,9-10H,3-4,7-8H2,1-2H3;3-4,7H,2,5-6,8H2,1H3. The van der Waals surface area contributed by atoms with Crippen LogP contribution in [0, 0.1) is 31.1 Å². The van der Waals surface area contributed by atoms with Crippen LogP contribution in [0.25, 0.3) is 0 Å². The van der Waals surface area contributed by atoms with Gasteiger partial charge in [-0.2, -0.15) is 26.3 Å². The number of nitro groups is 2. The normalized spacial score (nSPS) is 15.3. The molecule has 56 heavy (non-hydrogen) atoms. The minimum atomic E-state index is -4.87. The molecule has 2 aromatic carbocycles. The van der Waals surface area contributed by atoms with E-state index in [-0.39, 0.29) is 57.6 Å². The second-order valence-corrected chi connectivity index (χ2v) is 12.2. The molecule has 15 nitrogen and oxygen atoms in total. The van der Waals surface area contributed by atoms with Crippen LogP contribution >= 0.6 is 0 Å². The molecule has 0 radical (unpaired) electrons. The van der Waals surface area contributed by atoms with Crippen molar-refractivity contribution in [1.29, 1.82) is 0 Å². The molecule has 2 fully saturated rings. The number of ketones is 4. The van der Waals surface area contributed by atoms with Crippen LogP contribution in [0.1, 0.15) is 84.7 Å². The number of hydrogen-bond donors (Lipinski definition) is 0. The number of esters is 2. The van der Waals surface area contributed by atoms with Crippen LogP contribution in [0.15, 0.2) is 48.2 Å². The van der Waals surface area contributed by atoms with E-state index in [1.807, 2.05) is 0 Å². The van der Waals surface area contributed by atoms with Gasteiger partial charge in [-0.15, -0.1) is 0 Å². The quantitative estimate of drug-likeness (QED) is 0.0198. The molecule has 0 saturated heterocycles. The average Bonchev–Trinajstić information content (AvgIpc) is 4.06. The van der Waals surface area contributed by atoms with Crippen molar-refractivity contribution < 1.29 is 79.2 Å². The largest absolute Gasteiger partial charge is 0.501 e. The number of benzene rings is 2. The predicted molar refractivity (Wildman–Crippen MR) is 176 cm³/mol. The maximum atomic E-state index is 13.0. The van der Waals surface area contributed by atoms with E-state index in [0.29, 0.717) is 24.3 Å².